The number of rotatable bonds is 7. The molecule has 0 saturated heterocycles. The Balaban J connectivity index is 1.73. The summed E-state index contributed by atoms with van der Waals surface area (Å²) in [7, 11) is 1.91. The molecular formula is C17H26N4O3. The lowest BCUT2D eigenvalue weighted by atomic mass is 10.1. The van der Waals surface area contributed by atoms with Crippen LogP contribution in [0.4, 0.5) is 4.79 Å². The highest BCUT2D eigenvalue weighted by molar-refractivity contribution is 5.74. The largest absolute Gasteiger partial charge is 0.467 e. The lowest BCUT2D eigenvalue weighted by molar-refractivity contribution is 0.129. The van der Waals surface area contributed by atoms with Gasteiger partial charge in [0.15, 0.2) is 0 Å². The Kier molecular flexibility index (Phi) is 6.03. The first-order valence-corrected chi connectivity index (χ1v) is 8.13. The SMILES string of the molecule is Cc1nn(C)c(C)c1CCNC(=O)N[C@H](C)C[C@H](O)c1ccco1. The number of carbonyl (C=O) groups is 1. The molecule has 0 spiro atoms. The molecule has 0 aliphatic carbocycles. The summed E-state index contributed by atoms with van der Waals surface area (Å²) < 4.78 is 7.00. The van der Waals surface area contributed by atoms with Crippen molar-refractivity contribution in [2.75, 3.05) is 6.54 Å². The smallest absolute Gasteiger partial charge is 0.315 e. The Labute approximate surface area is 142 Å². The van der Waals surface area contributed by atoms with Crippen LogP contribution in [0.2, 0.25) is 0 Å². The molecule has 2 aromatic rings. The molecule has 2 heterocycles. The number of furan rings is 1. The van der Waals surface area contributed by atoms with Crippen molar-refractivity contribution in [3.8, 4) is 0 Å². The summed E-state index contributed by atoms with van der Waals surface area (Å²) in [4.78, 5) is 11.9. The Morgan fingerprint density at radius 1 is 1.46 bits per heavy atom. The lowest BCUT2D eigenvalue weighted by Crippen LogP contribution is -2.42. The number of carbonyl (C=O) groups excluding carboxylic acids is 1. The normalized spacial score (nSPS) is 13.5. The van der Waals surface area contributed by atoms with Crippen LogP contribution in [0.15, 0.2) is 22.8 Å². The molecule has 132 valence electrons. The molecule has 0 aromatic carbocycles. The molecule has 2 aromatic heterocycles. The van der Waals surface area contributed by atoms with E-state index in [9.17, 15) is 9.90 Å². The van der Waals surface area contributed by atoms with Crippen molar-refractivity contribution in [1.29, 1.82) is 0 Å². The van der Waals surface area contributed by atoms with Crippen molar-refractivity contribution in [3.05, 3.63) is 41.1 Å². The molecule has 0 fully saturated rings. The fraction of sp³-hybridized carbons (Fsp3) is 0.529. The highest BCUT2D eigenvalue weighted by Gasteiger charge is 2.16. The quantitative estimate of drug-likeness (QED) is 0.722. The molecule has 3 N–H and O–H groups in total. The van der Waals surface area contributed by atoms with E-state index in [2.05, 4.69) is 15.7 Å². The van der Waals surface area contributed by atoms with E-state index in [1.54, 1.807) is 12.1 Å². The van der Waals surface area contributed by atoms with E-state index in [0.717, 1.165) is 17.8 Å². The third-order valence-corrected chi connectivity index (χ3v) is 4.15. The van der Waals surface area contributed by atoms with Gasteiger partial charge in [-0.05, 0) is 44.9 Å². The molecule has 0 unspecified atom stereocenters. The van der Waals surface area contributed by atoms with Crippen molar-refractivity contribution >= 4 is 6.03 Å². The standard InChI is InChI=1S/C17H26N4O3/c1-11(10-15(22)16-6-5-9-24-16)19-17(23)18-8-7-14-12(2)20-21(4)13(14)3/h5-6,9,11,15,22H,7-8,10H2,1-4H3,(H2,18,19,23)/t11-,15+/m1/s1. The van der Waals surface area contributed by atoms with Gasteiger partial charge in [-0.3, -0.25) is 4.68 Å². The zero-order valence-electron chi connectivity index (χ0n) is 14.7. The number of hydrogen-bond donors (Lipinski definition) is 3. The number of amides is 2. The molecule has 2 rings (SSSR count). The Morgan fingerprint density at radius 2 is 2.21 bits per heavy atom. The maximum Gasteiger partial charge on any atom is 0.315 e. The van der Waals surface area contributed by atoms with Gasteiger partial charge in [0.05, 0.1) is 12.0 Å². The topological polar surface area (TPSA) is 92.3 Å². The van der Waals surface area contributed by atoms with Crippen LogP contribution in [0.25, 0.3) is 0 Å². The molecule has 2 atom stereocenters. The second-order valence-corrected chi connectivity index (χ2v) is 6.09. The minimum absolute atomic E-state index is 0.174. The van der Waals surface area contributed by atoms with Crippen molar-refractivity contribution < 1.29 is 14.3 Å². The number of nitrogens with zero attached hydrogens (tertiary/aromatic N) is 2. The fourth-order valence-electron chi connectivity index (χ4n) is 2.75. The number of urea groups is 1. The third kappa shape index (κ3) is 4.61. The number of aromatic nitrogens is 2. The number of nitrogens with one attached hydrogen (secondary N) is 2. The molecule has 7 heteroatoms. The van der Waals surface area contributed by atoms with Crippen LogP contribution in [0, 0.1) is 13.8 Å². The first-order valence-electron chi connectivity index (χ1n) is 8.13. The third-order valence-electron chi connectivity index (χ3n) is 4.15. The van der Waals surface area contributed by atoms with Gasteiger partial charge in [0.2, 0.25) is 0 Å². The van der Waals surface area contributed by atoms with E-state index < -0.39 is 6.10 Å². The number of aliphatic hydroxyl groups excluding tert-OH is 1. The maximum absolute atomic E-state index is 11.9. The van der Waals surface area contributed by atoms with Crippen LogP contribution >= 0.6 is 0 Å². The number of aliphatic hydroxyl groups is 1. The van der Waals surface area contributed by atoms with Gasteiger partial charge in [-0.15, -0.1) is 0 Å². The monoisotopic (exact) mass is 334 g/mol. The van der Waals surface area contributed by atoms with Crippen LogP contribution in [0.1, 0.15) is 42.2 Å². The predicted octanol–water partition coefficient (Wildman–Crippen LogP) is 1.98. The average Bonchev–Trinajstić information content (AvgIpc) is 3.11. The van der Waals surface area contributed by atoms with E-state index in [1.807, 2.05) is 32.5 Å². The van der Waals surface area contributed by atoms with Crippen molar-refractivity contribution in [2.45, 2.75) is 45.8 Å². The number of aryl methyl sites for hydroxylation is 2. The summed E-state index contributed by atoms with van der Waals surface area (Å²) >= 11 is 0. The van der Waals surface area contributed by atoms with E-state index in [4.69, 9.17) is 4.42 Å². The molecular weight excluding hydrogens is 308 g/mol. The van der Waals surface area contributed by atoms with Gasteiger partial charge < -0.3 is 20.2 Å². The van der Waals surface area contributed by atoms with Gasteiger partial charge >= 0.3 is 6.03 Å². The summed E-state index contributed by atoms with van der Waals surface area (Å²) in [6.07, 6.45) is 1.92. The van der Waals surface area contributed by atoms with Gasteiger partial charge in [-0.1, -0.05) is 0 Å². The van der Waals surface area contributed by atoms with Gasteiger partial charge in [-0.2, -0.15) is 5.10 Å². The predicted molar refractivity (Wildman–Crippen MR) is 90.7 cm³/mol. The highest BCUT2D eigenvalue weighted by atomic mass is 16.4. The average molecular weight is 334 g/mol. The summed E-state index contributed by atoms with van der Waals surface area (Å²) in [6.45, 7) is 6.38. The van der Waals surface area contributed by atoms with Gasteiger partial charge in [0.25, 0.3) is 0 Å². The minimum Gasteiger partial charge on any atom is -0.467 e. The van der Waals surface area contributed by atoms with Crippen LogP contribution in [-0.4, -0.2) is 33.5 Å². The van der Waals surface area contributed by atoms with Crippen molar-refractivity contribution in [1.82, 2.24) is 20.4 Å². The lowest BCUT2D eigenvalue weighted by Gasteiger charge is -2.17. The molecule has 0 aliphatic heterocycles. The summed E-state index contributed by atoms with van der Waals surface area (Å²) in [5, 5.41) is 20.0. The van der Waals surface area contributed by atoms with Gasteiger partial charge in [0, 0.05) is 31.7 Å². The second kappa shape index (κ2) is 8.01. The van der Waals surface area contributed by atoms with E-state index in [0.29, 0.717) is 18.7 Å². The van der Waals surface area contributed by atoms with E-state index in [1.165, 1.54) is 11.8 Å². The zero-order valence-corrected chi connectivity index (χ0v) is 14.7. The molecule has 2 amide bonds. The fourth-order valence-corrected chi connectivity index (χ4v) is 2.75. The summed E-state index contributed by atoms with van der Waals surface area (Å²) in [5.74, 6) is 0.506. The summed E-state index contributed by atoms with van der Waals surface area (Å²) in [5.41, 5.74) is 3.27. The molecule has 0 saturated carbocycles. The Bertz CT molecular complexity index is 664. The second-order valence-electron chi connectivity index (χ2n) is 6.09. The number of hydrogen-bond acceptors (Lipinski definition) is 4. The molecule has 24 heavy (non-hydrogen) atoms. The van der Waals surface area contributed by atoms with Gasteiger partial charge in [-0.25, -0.2) is 4.79 Å². The van der Waals surface area contributed by atoms with Crippen LogP contribution in [-0.2, 0) is 13.5 Å². The summed E-state index contributed by atoms with van der Waals surface area (Å²) in [6, 6.07) is 3.03. The molecule has 0 aliphatic rings. The van der Waals surface area contributed by atoms with Crippen LogP contribution in [0.3, 0.4) is 0 Å². The Morgan fingerprint density at radius 3 is 2.79 bits per heavy atom. The van der Waals surface area contributed by atoms with Crippen molar-refractivity contribution in [3.63, 3.8) is 0 Å². The van der Waals surface area contributed by atoms with E-state index in [-0.39, 0.29) is 12.1 Å². The molecule has 7 nitrogen and oxygen atoms in total. The van der Waals surface area contributed by atoms with Crippen molar-refractivity contribution in [2.24, 2.45) is 7.05 Å². The highest BCUT2D eigenvalue weighted by Crippen LogP contribution is 2.18. The zero-order chi connectivity index (χ0) is 17.7. The maximum atomic E-state index is 11.9. The first kappa shape index (κ1) is 18.1. The molecule has 0 radical (unpaired) electrons. The minimum atomic E-state index is -0.726. The van der Waals surface area contributed by atoms with Crippen LogP contribution in [0.5, 0.6) is 0 Å². The van der Waals surface area contributed by atoms with E-state index >= 15 is 0 Å². The van der Waals surface area contributed by atoms with Crippen LogP contribution < -0.4 is 10.6 Å². The Hall–Kier alpha value is -2.28. The van der Waals surface area contributed by atoms with Gasteiger partial charge in [0.1, 0.15) is 11.9 Å². The first-order chi connectivity index (χ1) is 11.4. The molecule has 0 bridgehead atoms.